The molecule has 0 saturated carbocycles. The average Bonchev–Trinajstić information content (AvgIpc) is 2.79. The lowest BCUT2D eigenvalue weighted by atomic mass is 10.1. The number of nitrogens with zero attached hydrogens (tertiary/aromatic N) is 2. The number of benzene rings is 1. The van der Waals surface area contributed by atoms with E-state index >= 15 is 0 Å². The summed E-state index contributed by atoms with van der Waals surface area (Å²) in [6.07, 6.45) is 3.38. The SMILES string of the molecule is O=C(O)CCN1C(=O)C(=Cc2ccc3ncccc3c2)SC1=S. The topological polar surface area (TPSA) is 70.5 Å². The van der Waals surface area contributed by atoms with Crippen molar-refractivity contribution in [2.45, 2.75) is 6.42 Å². The number of thioether (sulfide) groups is 1. The van der Waals surface area contributed by atoms with E-state index in [0.717, 1.165) is 16.5 Å². The van der Waals surface area contributed by atoms with Gasteiger partial charge in [-0.15, -0.1) is 0 Å². The predicted octanol–water partition coefficient (Wildman–Crippen LogP) is 2.91. The Morgan fingerprint density at radius 3 is 3.00 bits per heavy atom. The predicted molar refractivity (Wildman–Crippen MR) is 93.9 cm³/mol. The molecule has 23 heavy (non-hydrogen) atoms. The molecule has 1 aliphatic heterocycles. The Labute approximate surface area is 142 Å². The van der Waals surface area contributed by atoms with Crippen LogP contribution in [0.5, 0.6) is 0 Å². The molecule has 1 fully saturated rings. The van der Waals surface area contributed by atoms with E-state index in [1.807, 2.05) is 30.3 Å². The van der Waals surface area contributed by atoms with Crippen molar-refractivity contribution in [1.82, 2.24) is 9.88 Å². The fourth-order valence-electron chi connectivity index (χ4n) is 2.24. The van der Waals surface area contributed by atoms with Gasteiger partial charge in [-0.05, 0) is 29.8 Å². The third-order valence-corrected chi connectivity index (χ3v) is 4.73. The van der Waals surface area contributed by atoms with Crippen LogP contribution in [0.25, 0.3) is 17.0 Å². The summed E-state index contributed by atoms with van der Waals surface area (Å²) in [6, 6.07) is 9.55. The lowest BCUT2D eigenvalue weighted by Gasteiger charge is -2.12. The van der Waals surface area contributed by atoms with Gasteiger partial charge in [0.05, 0.1) is 16.8 Å². The Hall–Kier alpha value is -2.25. The van der Waals surface area contributed by atoms with E-state index in [1.165, 1.54) is 16.7 Å². The van der Waals surface area contributed by atoms with E-state index in [9.17, 15) is 9.59 Å². The Kier molecular flexibility index (Phi) is 4.40. The number of fused-ring (bicyclic) bond motifs is 1. The number of carbonyl (C=O) groups excluding carboxylic acids is 1. The van der Waals surface area contributed by atoms with Gasteiger partial charge in [0, 0.05) is 18.1 Å². The first-order valence-electron chi connectivity index (χ1n) is 6.86. The van der Waals surface area contributed by atoms with Gasteiger partial charge in [0.15, 0.2) is 0 Å². The number of rotatable bonds is 4. The lowest BCUT2D eigenvalue weighted by molar-refractivity contribution is -0.137. The van der Waals surface area contributed by atoms with Crippen LogP contribution in [0.4, 0.5) is 0 Å². The highest BCUT2D eigenvalue weighted by molar-refractivity contribution is 8.26. The van der Waals surface area contributed by atoms with Crippen LogP contribution in [-0.2, 0) is 9.59 Å². The van der Waals surface area contributed by atoms with Crippen LogP contribution >= 0.6 is 24.0 Å². The summed E-state index contributed by atoms with van der Waals surface area (Å²) in [4.78, 5) is 29.1. The number of carbonyl (C=O) groups is 2. The second kappa shape index (κ2) is 6.47. The quantitative estimate of drug-likeness (QED) is 0.679. The van der Waals surface area contributed by atoms with Gasteiger partial charge >= 0.3 is 5.97 Å². The summed E-state index contributed by atoms with van der Waals surface area (Å²) in [7, 11) is 0. The van der Waals surface area contributed by atoms with Gasteiger partial charge in [-0.2, -0.15) is 0 Å². The number of hydrogen-bond acceptors (Lipinski definition) is 5. The number of thiocarbonyl (C=S) groups is 1. The fourth-order valence-corrected chi connectivity index (χ4v) is 3.54. The molecule has 7 heteroatoms. The van der Waals surface area contributed by atoms with Gasteiger partial charge < -0.3 is 5.11 Å². The molecule has 0 bridgehead atoms. The van der Waals surface area contributed by atoms with Crippen LogP contribution < -0.4 is 0 Å². The molecule has 0 spiro atoms. The van der Waals surface area contributed by atoms with E-state index < -0.39 is 5.97 Å². The van der Waals surface area contributed by atoms with Crippen molar-refractivity contribution in [3.8, 4) is 0 Å². The van der Waals surface area contributed by atoms with Crippen LogP contribution in [0.15, 0.2) is 41.4 Å². The second-order valence-corrected chi connectivity index (χ2v) is 6.61. The van der Waals surface area contributed by atoms with Crippen molar-refractivity contribution < 1.29 is 14.7 Å². The van der Waals surface area contributed by atoms with Crippen molar-refractivity contribution >= 4 is 57.2 Å². The molecule has 2 heterocycles. The molecule has 0 atom stereocenters. The highest BCUT2D eigenvalue weighted by Crippen LogP contribution is 2.32. The lowest BCUT2D eigenvalue weighted by Crippen LogP contribution is -2.30. The molecule has 1 saturated heterocycles. The molecule has 1 aromatic carbocycles. The standard InChI is InChI=1S/C16H12N2O3S2/c19-14(20)5-7-18-15(21)13(23-16(18)22)9-10-3-4-12-11(8-10)2-1-6-17-12/h1-4,6,8-9H,5,7H2,(H,19,20). The van der Waals surface area contributed by atoms with Crippen LogP contribution in [0.2, 0.25) is 0 Å². The minimum Gasteiger partial charge on any atom is -0.481 e. The number of pyridine rings is 1. The van der Waals surface area contributed by atoms with E-state index in [1.54, 1.807) is 12.3 Å². The Balaban J connectivity index is 1.85. The average molecular weight is 344 g/mol. The van der Waals surface area contributed by atoms with E-state index in [0.29, 0.717) is 9.23 Å². The molecule has 1 N–H and O–H groups in total. The third-order valence-electron chi connectivity index (χ3n) is 3.35. The first kappa shape index (κ1) is 15.6. The Bertz CT molecular complexity index is 848. The molecule has 0 aliphatic carbocycles. The summed E-state index contributed by atoms with van der Waals surface area (Å²) in [5.41, 5.74) is 1.77. The van der Waals surface area contributed by atoms with Gasteiger partial charge in [-0.25, -0.2) is 0 Å². The van der Waals surface area contributed by atoms with Crippen molar-refractivity contribution in [2.24, 2.45) is 0 Å². The van der Waals surface area contributed by atoms with Crippen molar-refractivity contribution in [3.63, 3.8) is 0 Å². The highest BCUT2D eigenvalue weighted by Gasteiger charge is 2.31. The maximum Gasteiger partial charge on any atom is 0.305 e. The monoisotopic (exact) mass is 344 g/mol. The van der Waals surface area contributed by atoms with Gasteiger partial charge in [0.25, 0.3) is 5.91 Å². The first-order chi connectivity index (χ1) is 11.0. The minimum atomic E-state index is -0.954. The van der Waals surface area contributed by atoms with E-state index in [4.69, 9.17) is 17.3 Å². The molecule has 2 aromatic rings. The summed E-state index contributed by atoms with van der Waals surface area (Å²) < 4.78 is 0.393. The van der Waals surface area contributed by atoms with Gasteiger partial charge in [0.2, 0.25) is 0 Å². The van der Waals surface area contributed by atoms with E-state index in [-0.39, 0.29) is 18.9 Å². The highest BCUT2D eigenvalue weighted by atomic mass is 32.2. The second-order valence-electron chi connectivity index (χ2n) is 4.93. The summed E-state index contributed by atoms with van der Waals surface area (Å²) in [5, 5.41) is 9.73. The smallest absolute Gasteiger partial charge is 0.305 e. The Morgan fingerprint density at radius 2 is 2.22 bits per heavy atom. The summed E-state index contributed by atoms with van der Waals surface area (Å²) in [5.74, 6) is -1.20. The molecular formula is C16H12N2O3S2. The first-order valence-corrected chi connectivity index (χ1v) is 8.09. The zero-order chi connectivity index (χ0) is 16.4. The van der Waals surface area contributed by atoms with Crippen LogP contribution in [0, 0.1) is 0 Å². The molecule has 1 amide bonds. The maximum atomic E-state index is 12.3. The van der Waals surface area contributed by atoms with Crippen LogP contribution in [-0.4, -0.2) is 37.7 Å². The largest absolute Gasteiger partial charge is 0.481 e. The van der Waals surface area contributed by atoms with E-state index in [2.05, 4.69) is 4.98 Å². The number of amides is 1. The van der Waals surface area contributed by atoms with Gasteiger partial charge in [-0.3, -0.25) is 19.5 Å². The summed E-state index contributed by atoms with van der Waals surface area (Å²) >= 11 is 6.36. The zero-order valence-electron chi connectivity index (χ0n) is 11.9. The maximum absolute atomic E-state index is 12.3. The molecule has 1 aromatic heterocycles. The number of aromatic nitrogens is 1. The zero-order valence-corrected chi connectivity index (χ0v) is 13.6. The molecule has 1 aliphatic rings. The van der Waals surface area contributed by atoms with Crippen molar-refractivity contribution in [2.75, 3.05) is 6.54 Å². The summed E-state index contributed by atoms with van der Waals surface area (Å²) in [6.45, 7) is 0.0962. The van der Waals surface area contributed by atoms with Crippen LogP contribution in [0.1, 0.15) is 12.0 Å². The molecule has 116 valence electrons. The normalized spacial score (nSPS) is 16.5. The number of carboxylic acid groups (broad SMARTS) is 1. The number of aliphatic carboxylic acids is 1. The van der Waals surface area contributed by atoms with Crippen molar-refractivity contribution in [1.29, 1.82) is 0 Å². The minimum absolute atomic E-state index is 0.0962. The molecule has 0 unspecified atom stereocenters. The fraction of sp³-hybridized carbons (Fsp3) is 0.125. The third kappa shape index (κ3) is 3.40. The van der Waals surface area contributed by atoms with Gasteiger partial charge in [-0.1, -0.05) is 36.1 Å². The van der Waals surface area contributed by atoms with Crippen molar-refractivity contribution in [3.05, 3.63) is 47.0 Å². The van der Waals surface area contributed by atoms with Crippen LogP contribution in [0.3, 0.4) is 0 Å². The van der Waals surface area contributed by atoms with Gasteiger partial charge in [0.1, 0.15) is 4.32 Å². The Morgan fingerprint density at radius 1 is 1.39 bits per heavy atom. The number of hydrogen-bond donors (Lipinski definition) is 1. The molecule has 3 rings (SSSR count). The number of carboxylic acids is 1. The molecular weight excluding hydrogens is 332 g/mol. The molecule has 0 radical (unpaired) electrons. The molecule has 5 nitrogen and oxygen atoms in total.